The lowest BCUT2D eigenvalue weighted by Crippen LogP contribution is -2.12. The van der Waals surface area contributed by atoms with E-state index in [1.165, 1.54) is 5.56 Å². The first-order valence-corrected chi connectivity index (χ1v) is 5.83. The molecule has 0 radical (unpaired) electrons. The van der Waals surface area contributed by atoms with Gasteiger partial charge in [0.1, 0.15) is 0 Å². The largest absolute Gasteiger partial charge is 0.396 e. The van der Waals surface area contributed by atoms with E-state index in [0.717, 1.165) is 11.1 Å². The molecule has 0 fully saturated rings. The summed E-state index contributed by atoms with van der Waals surface area (Å²) in [5.41, 5.74) is 3.70. The molecule has 0 aliphatic rings. The van der Waals surface area contributed by atoms with Gasteiger partial charge in [0, 0.05) is 13.2 Å². The normalized spacial score (nSPS) is 11.8. The van der Waals surface area contributed by atoms with Crippen LogP contribution in [0.2, 0.25) is 0 Å². The molecule has 0 aliphatic carbocycles. The van der Waals surface area contributed by atoms with Gasteiger partial charge in [-0.05, 0) is 34.9 Å². The molecule has 0 spiro atoms. The summed E-state index contributed by atoms with van der Waals surface area (Å²) in [5.74, 6) is 0. The quantitative estimate of drug-likeness (QED) is 0.818. The van der Waals surface area contributed by atoms with Crippen LogP contribution >= 0.6 is 0 Å². The maximum atomic E-state index is 9.04. The predicted molar refractivity (Wildman–Crippen MR) is 66.7 cm³/mol. The summed E-state index contributed by atoms with van der Waals surface area (Å²) >= 11 is 0. The van der Waals surface area contributed by atoms with Gasteiger partial charge in [-0.3, -0.25) is 0 Å². The summed E-state index contributed by atoms with van der Waals surface area (Å²) in [4.78, 5) is 0. The van der Waals surface area contributed by atoms with E-state index in [9.17, 15) is 0 Å². The van der Waals surface area contributed by atoms with Gasteiger partial charge in [-0.15, -0.1) is 0 Å². The van der Waals surface area contributed by atoms with E-state index in [-0.39, 0.29) is 18.6 Å². The standard InChI is InChI=1S/C14H22O2/c1-14(2,3)13-5-4-11(6-8-15)12(10-13)7-9-16/h4-5,10,15-16H,6-9H2,1-3H3. The van der Waals surface area contributed by atoms with Crippen molar-refractivity contribution < 1.29 is 10.2 Å². The smallest absolute Gasteiger partial charge is 0.0471 e. The Morgan fingerprint density at radius 1 is 0.938 bits per heavy atom. The van der Waals surface area contributed by atoms with Crippen LogP contribution in [0.15, 0.2) is 18.2 Å². The zero-order chi connectivity index (χ0) is 12.2. The second-order valence-corrected chi connectivity index (χ2v) is 5.18. The van der Waals surface area contributed by atoms with Crippen molar-refractivity contribution in [3.05, 3.63) is 34.9 Å². The Labute approximate surface area is 97.9 Å². The zero-order valence-electron chi connectivity index (χ0n) is 10.5. The van der Waals surface area contributed by atoms with Crippen molar-refractivity contribution in [1.29, 1.82) is 0 Å². The average Bonchev–Trinajstić information content (AvgIpc) is 2.19. The molecule has 16 heavy (non-hydrogen) atoms. The lowest BCUT2D eigenvalue weighted by molar-refractivity contribution is 0.293. The van der Waals surface area contributed by atoms with Gasteiger partial charge in [0.05, 0.1) is 0 Å². The second-order valence-electron chi connectivity index (χ2n) is 5.18. The van der Waals surface area contributed by atoms with Gasteiger partial charge in [0.2, 0.25) is 0 Å². The van der Waals surface area contributed by atoms with E-state index in [1.807, 2.05) is 0 Å². The van der Waals surface area contributed by atoms with E-state index < -0.39 is 0 Å². The van der Waals surface area contributed by atoms with Crippen LogP contribution in [0.1, 0.15) is 37.5 Å². The van der Waals surface area contributed by atoms with Crippen molar-refractivity contribution in [3.63, 3.8) is 0 Å². The van der Waals surface area contributed by atoms with Crippen molar-refractivity contribution in [2.45, 2.75) is 39.0 Å². The molecule has 1 rings (SSSR count). The highest BCUT2D eigenvalue weighted by molar-refractivity contribution is 5.35. The molecular weight excluding hydrogens is 200 g/mol. The third-order valence-electron chi connectivity index (χ3n) is 2.83. The summed E-state index contributed by atoms with van der Waals surface area (Å²) in [7, 11) is 0. The molecule has 1 aromatic rings. The Balaban J connectivity index is 3.06. The molecule has 0 aromatic heterocycles. The van der Waals surface area contributed by atoms with Crippen LogP contribution in [0.5, 0.6) is 0 Å². The molecule has 0 atom stereocenters. The van der Waals surface area contributed by atoms with E-state index in [1.54, 1.807) is 0 Å². The van der Waals surface area contributed by atoms with Crippen molar-refractivity contribution in [3.8, 4) is 0 Å². The Hall–Kier alpha value is -0.860. The molecule has 0 bridgehead atoms. The van der Waals surface area contributed by atoms with Crippen LogP contribution < -0.4 is 0 Å². The number of benzene rings is 1. The first-order valence-electron chi connectivity index (χ1n) is 5.83. The van der Waals surface area contributed by atoms with E-state index >= 15 is 0 Å². The SMILES string of the molecule is CC(C)(C)c1ccc(CCO)c(CCO)c1. The lowest BCUT2D eigenvalue weighted by Gasteiger charge is -2.21. The molecule has 0 heterocycles. The van der Waals surface area contributed by atoms with Crippen LogP contribution in [-0.4, -0.2) is 23.4 Å². The highest BCUT2D eigenvalue weighted by atomic mass is 16.3. The Morgan fingerprint density at radius 2 is 1.50 bits per heavy atom. The van der Waals surface area contributed by atoms with E-state index in [0.29, 0.717) is 12.8 Å². The molecule has 2 N–H and O–H groups in total. The highest BCUT2D eigenvalue weighted by Crippen LogP contribution is 2.25. The fraction of sp³-hybridized carbons (Fsp3) is 0.571. The monoisotopic (exact) mass is 222 g/mol. The number of hydrogen-bond donors (Lipinski definition) is 2. The molecule has 90 valence electrons. The fourth-order valence-electron chi connectivity index (χ4n) is 1.81. The van der Waals surface area contributed by atoms with Crippen LogP contribution in [-0.2, 0) is 18.3 Å². The maximum Gasteiger partial charge on any atom is 0.0471 e. The number of aliphatic hydroxyl groups is 2. The van der Waals surface area contributed by atoms with Gasteiger partial charge in [-0.1, -0.05) is 39.0 Å². The zero-order valence-corrected chi connectivity index (χ0v) is 10.5. The number of hydrogen-bond acceptors (Lipinski definition) is 2. The molecule has 1 aromatic carbocycles. The van der Waals surface area contributed by atoms with Crippen LogP contribution in [0, 0.1) is 0 Å². The van der Waals surface area contributed by atoms with E-state index in [4.69, 9.17) is 10.2 Å². The first-order chi connectivity index (χ1) is 7.49. The molecule has 0 saturated carbocycles. The van der Waals surface area contributed by atoms with Gasteiger partial charge < -0.3 is 10.2 Å². The topological polar surface area (TPSA) is 40.5 Å². The third-order valence-corrected chi connectivity index (χ3v) is 2.83. The minimum atomic E-state index is 0.127. The van der Waals surface area contributed by atoms with Gasteiger partial charge >= 0.3 is 0 Å². The molecule has 2 nitrogen and oxygen atoms in total. The summed E-state index contributed by atoms with van der Waals surface area (Å²) in [6.45, 7) is 6.85. The van der Waals surface area contributed by atoms with Crippen molar-refractivity contribution >= 4 is 0 Å². The summed E-state index contributed by atoms with van der Waals surface area (Å²) in [6.07, 6.45) is 1.33. The summed E-state index contributed by atoms with van der Waals surface area (Å²) in [6, 6.07) is 6.34. The summed E-state index contributed by atoms with van der Waals surface area (Å²) < 4.78 is 0. The minimum Gasteiger partial charge on any atom is -0.396 e. The van der Waals surface area contributed by atoms with Gasteiger partial charge in [0.25, 0.3) is 0 Å². The van der Waals surface area contributed by atoms with Crippen molar-refractivity contribution in [1.82, 2.24) is 0 Å². The predicted octanol–water partition coefficient (Wildman–Crippen LogP) is 2.05. The van der Waals surface area contributed by atoms with Gasteiger partial charge in [-0.2, -0.15) is 0 Å². The lowest BCUT2D eigenvalue weighted by atomic mass is 9.84. The third kappa shape index (κ3) is 3.32. The number of aliphatic hydroxyl groups excluding tert-OH is 2. The molecule has 2 heteroatoms. The van der Waals surface area contributed by atoms with E-state index in [2.05, 4.69) is 39.0 Å². The van der Waals surface area contributed by atoms with Crippen LogP contribution in [0.3, 0.4) is 0 Å². The number of rotatable bonds is 4. The van der Waals surface area contributed by atoms with Crippen molar-refractivity contribution in [2.24, 2.45) is 0 Å². The molecule has 0 aliphatic heterocycles. The average molecular weight is 222 g/mol. The van der Waals surface area contributed by atoms with Crippen LogP contribution in [0.4, 0.5) is 0 Å². The van der Waals surface area contributed by atoms with Gasteiger partial charge in [0.15, 0.2) is 0 Å². The second kappa shape index (κ2) is 5.46. The van der Waals surface area contributed by atoms with Crippen LogP contribution in [0.25, 0.3) is 0 Å². The minimum absolute atomic E-state index is 0.127. The summed E-state index contributed by atoms with van der Waals surface area (Å²) in [5, 5.41) is 18.0. The first kappa shape index (κ1) is 13.2. The highest BCUT2D eigenvalue weighted by Gasteiger charge is 2.15. The van der Waals surface area contributed by atoms with Gasteiger partial charge in [-0.25, -0.2) is 0 Å². The molecular formula is C14H22O2. The fourth-order valence-corrected chi connectivity index (χ4v) is 1.81. The molecule has 0 saturated heterocycles. The molecule has 0 unspecified atom stereocenters. The molecule has 0 amide bonds. The Bertz CT molecular complexity index is 337. The Morgan fingerprint density at radius 3 is 2.00 bits per heavy atom. The Kier molecular flexibility index (Phi) is 4.51. The maximum absolute atomic E-state index is 9.04. The van der Waals surface area contributed by atoms with Crippen molar-refractivity contribution in [2.75, 3.05) is 13.2 Å².